The van der Waals surface area contributed by atoms with Gasteiger partial charge in [0.05, 0.1) is 24.1 Å². The number of pyridine rings is 1. The molecule has 1 unspecified atom stereocenters. The number of rotatable bonds is 6. The first kappa shape index (κ1) is 23.0. The van der Waals surface area contributed by atoms with E-state index in [1.165, 1.54) is 0 Å². The number of fused-ring (bicyclic) bond motifs is 1. The summed E-state index contributed by atoms with van der Waals surface area (Å²) in [5.41, 5.74) is 3.43. The summed E-state index contributed by atoms with van der Waals surface area (Å²) < 4.78 is 10.6. The molecule has 2 atom stereocenters. The molecule has 0 aliphatic carbocycles. The van der Waals surface area contributed by atoms with Gasteiger partial charge in [0.1, 0.15) is 0 Å². The molecule has 5 rings (SSSR count). The maximum atomic E-state index is 12.6. The lowest BCUT2D eigenvalue weighted by Gasteiger charge is -2.14. The van der Waals surface area contributed by atoms with E-state index in [4.69, 9.17) is 9.26 Å². The number of nitrogens with zero attached hydrogens (tertiary/aromatic N) is 4. The standard InChI is InChI=1S/C25H29N7O3/c1-14(27-22(33)23-29-24(32-35-23)25(2,3)4)15-5-7-16(8-6-15)18-9-11-26-20-19(18)21(31-30-20)28-17-10-12-34-13-17/h5-9,11,14,17H,10,12-13H2,1-4H3,(H,27,33)(H2,26,28,30,31)/t14-,17?/m1/s1. The molecule has 10 heteroatoms. The van der Waals surface area contributed by atoms with Crippen molar-refractivity contribution in [2.75, 3.05) is 18.5 Å². The molecule has 0 bridgehead atoms. The largest absolute Gasteiger partial charge is 0.379 e. The van der Waals surface area contributed by atoms with E-state index in [9.17, 15) is 4.79 Å². The van der Waals surface area contributed by atoms with Crippen molar-refractivity contribution in [3.8, 4) is 11.1 Å². The Hall–Kier alpha value is -3.79. The fourth-order valence-corrected chi connectivity index (χ4v) is 4.05. The van der Waals surface area contributed by atoms with Crippen LogP contribution in [-0.2, 0) is 10.2 Å². The molecule has 1 aromatic carbocycles. The first-order chi connectivity index (χ1) is 16.8. The Bertz CT molecular complexity index is 1330. The molecule has 0 spiro atoms. The van der Waals surface area contributed by atoms with Gasteiger partial charge in [-0.2, -0.15) is 10.1 Å². The second kappa shape index (κ2) is 9.10. The first-order valence-corrected chi connectivity index (χ1v) is 11.7. The number of aromatic amines is 1. The van der Waals surface area contributed by atoms with Crippen LogP contribution < -0.4 is 10.6 Å². The van der Waals surface area contributed by atoms with E-state index in [0.717, 1.165) is 46.6 Å². The number of hydrogen-bond donors (Lipinski definition) is 3. The van der Waals surface area contributed by atoms with E-state index in [2.05, 4.69) is 36.0 Å². The normalized spacial score (nSPS) is 17.0. The molecule has 0 saturated carbocycles. The van der Waals surface area contributed by atoms with Gasteiger partial charge in [-0.05, 0) is 36.1 Å². The first-order valence-electron chi connectivity index (χ1n) is 11.7. The third-order valence-corrected chi connectivity index (χ3v) is 6.09. The van der Waals surface area contributed by atoms with Crippen LogP contribution in [0.2, 0.25) is 0 Å². The molecule has 35 heavy (non-hydrogen) atoms. The molecular weight excluding hydrogens is 446 g/mol. The Morgan fingerprint density at radius 1 is 1.20 bits per heavy atom. The summed E-state index contributed by atoms with van der Waals surface area (Å²) in [6.07, 6.45) is 2.72. The topological polar surface area (TPSA) is 131 Å². The Kier molecular flexibility index (Phi) is 5.98. The molecule has 10 nitrogen and oxygen atoms in total. The molecule has 4 aromatic rings. The van der Waals surface area contributed by atoms with Gasteiger partial charge in [-0.15, -0.1) is 0 Å². The summed E-state index contributed by atoms with van der Waals surface area (Å²) in [6, 6.07) is 10.0. The third-order valence-electron chi connectivity index (χ3n) is 6.09. The van der Waals surface area contributed by atoms with E-state index in [-0.39, 0.29) is 23.4 Å². The summed E-state index contributed by atoms with van der Waals surface area (Å²) in [6.45, 7) is 9.24. The van der Waals surface area contributed by atoms with Crippen LogP contribution in [0.5, 0.6) is 0 Å². The lowest BCUT2D eigenvalue weighted by Crippen LogP contribution is -2.27. The lowest BCUT2D eigenvalue weighted by molar-refractivity contribution is 0.0895. The van der Waals surface area contributed by atoms with Gasteiger partial charge < -0.3 is 19.9 Å². The Morgan fingerprint density at radius 3 is 2.69 bits per heavy atom. The summed E-state index contributed by atoms with van der Waals surface area (Å²) >= 11 is 0. The lowest BCUT2D eigenvalue weighted by atomic mass is 9.96. The van der Waals surface area contributed by atoms with Gasteiger partial charge in [0.15, 0.2) is 17.3 Å². The molecular formula is C25H29N7O3. The van der Waals surface area contributed by atoms with Crippen molar-refractivity contribution in [1.82, 2.24) is 30.6 Å². The van der Waals surface area contributed by atoms with E-state index in [1.54, 1.807) is 6.20 Å². The van der Waals surface area contributed by atoms with Crippen LogP contribution in [0.15, 0.2) is 41.1 Å². The average Bonchev–Trinajstić information content (AvgIpc) is 3.60. The highest BCUT2D eigenvalue weighted by molar-refractivity contribution is 6.00. The number of hydrogen-bond acceptors (Lipinski definition) is 8. The van der Waals surface area contributed by atoms with E-state index in [1.807, 2.05) is 58.0 Å². The van der Waals surface area contributed by atoms with Crippen LogP contribution in [0.3, 0.4) is 0 Å². The van der Waals surface area contributed by atoms with Crippen molar-refractivity contribution in [3.63, 3.8) is 0 Å². The number of anilines is 1. The molecule has 182 valence electrons. The maximum Gasteiger partial charge on any atom is 0.315 e. The second-order valence-electron chi connectivity index (χ2n) is 9.85. The SMILES string of the molecule is C[C@@H](NC(=O)c1nc(C(C)(C)C)no1)c1ccc(-c2ccnc3[nH]nc(NC4CCOC4)c23)cc1. The highest BCUT2D eigenvalue weighted by Gasteiger charge is 2.25. The Balaban J connectivity index is 1.33. The van der Waals surface area contributed by atoms with E-state index < -0.39 is 5.91 Å². The van der Waals surface area contributed by atoms with Gasteiger partial charge in [0.25, 0.3) is 0 Å². The molecule has 3 aromatic heterocycles. The summed E-state index contributed by atoms with van der Waals surface area (Å²) in [7, 11) is 0. The third kappa shape index (κ3) is 4.74. The van der Waals surface area contributed by atoms with Crippen molar-refractivity contribution >= 4 is 22.8 Å². The second-order valence-corrected chi connectivity index (χ2v) is 9.85. The molecule has 1 saturated heterocycles. The van der Waals surface area contributed by atoms with Gasteiger partial charge in [-0.25, -0.2) is 4.98 Å². The minimum atomic E-state index is -0.398. The van der Waals surface area contributed by atoms with Crippen molar-refractivity contribution < 1.29 is 14.1 Å². The predicted molar refractivity (Wildman–Crippen MR) is 131 cm³/mol. The predicted octanol–water partition coefficient (Wildman–Crippen LogP) is 4.00. The summed E-state index contributed by atoms with van der Waals surface area (Å²) in [4.78, 5) is 21.3. The Morgan fingerprint density at radius 2 is 2.00 bits per heavy atom. The van der Waals surface area contributed by atoms with Crippen LogP contribution in [-0.4, -0.2) is 50.5 Å². The van der Waals surface area contributed by atoms with Gasteiger partial charge >= 0.3 is 11.8 Å². The number of benzene rings is 1. The number of aromatic nitrogens is 5. The van der Waals surface area contributed by atoms with Crippen LogP contribution in [0.1, 0.15) is 62.2 Å². The van der Waals surface area contributed by atoms with Gasteiger partial charge in [-0.1, -0.05) is 50.2 Å². The number of ether oxygens (including phenoxy) is 1. The molecule has 1 amide bonds. The minimum Gasteiger partial charge on any atom is -0.379 e. The minimum absolute atomic E-state index is 0.0368. The van der Waals surface area contributed by atoms with Gasteiger partial charge in [-0.3, -0.25) is 9.89 Å². The van der Waals surface area contributed by atoms with Gasteiger partial charge in [0, 0.05) is 18.2 Å². The molecule has 1 fully saturated rings. The number of carbonyl (C=O) groups excluding carboxylic acids is 1. The van der Waals surface area contributed by atoms with Crippen molar-refractivity contribution in [1.29, 1.82) is 0 Å². The fourth-order valence-electron chi connectivity index (χ4n) is 4.05. The molecule has 0 radical (unpaired) electrons. The molecule has 1 aliphatic heterocycles. The molecule has 3 N–H and O–H groups in total. The number of amides is 1. The average molecular weight is 476 g/mol. The monoisotopic (exact) mass is 475 g/mol. The highest BCUT2D eigenvalue weighted by Crippen LogP contribution is 2.33. The number of H-pyrrole nitrogens is 1. The van der Waals surface area contributed by atoms with Crippen LogP contribution in [0.4, 0.5) is 5.82 Å². The van der Waals surface area contributed by atoms with Crippen molar-refractivity contribution in [3.05, 3.63) is 53.8 Å². The van der Waals surface area contributed by atoms with E-state index >= 15 is 0 Å². The van der Waals surface area contributed by atoms with Crippen LogP contribution >= 0.6 is 0 Å². The zero-order valence-corrected chi connectivity index (χ0v) is 20.3. The number of carbonyl (C=O) groups is 1. The fraction of sp³-hybridized carbons (Fsp3) is 0.400. The quantitative estimate of drug-likeness (QED) is 0.381. The molecule has 4 heterocycles. The zero-order valence-electron chi connectivity index (χ0n) is 20.3. The van der Waals surface area contributed by atoms with Gasteiger partial charge in [0.2, 0.25) is 0 Å². The van der Waals surface area contributed by atoms with Crippen molar-refractivity contribution in [2.24, 2.45) is 0 Å². The summed E-state index contributed by atoms with van der Waals surface area (Å²) in [5.74, 6) is 0.838. The highest BCUT2D eigenvalue weighted by atomic mass is 16.5. The summed E-state index contributed by atoms with van der Waals surface area (Å²) in [5, 5.41) is 18.7. The maximum absolute atomic E-state index is 12.6. The van der Waals surface area contributed by atoms with E-state index in [0.29, 0.717) is 12.4 Å². The van der Waals surface area contributed by atoms with Crippen molar-refractivity contribution in [2.45, 2.75) is 51.6 Å². The Labute approximate surface area is 202 Å². The smallest absolute Gasteiger partial charge is 0.315 e. The zero-order chi connectivity index (χ0) is 24.6. The number of nitrogens with one attached hydrogen (secondary N) is 3. The van der Waals surface area contributed by atoms with Crippen LogP contribution in [0.25, 0.3) is 22.2 Å². The molecule has 1 aliphatic rings. The van der Waals surface area contributed by atoms with Crippen LogP contribution in [0, 0.1) is 0 Å².